The summed E-state index contributed by atoms with van der Waals surface area (Å²) in [6, 6.07) is 0. The second-order valence-electron chi connectivity index (χ2n) is 6.24. The van der Waals surface area contributed by atoms with Crippen LogP contribution in [0, 0.1) is 0 Å². The van der Waals surface area contributed by atoms with Crippen molar-refractivity contribution in [3.63, 3.8) is 0 Å². The smallest absolute Gasteiger partial charge is 0.411 e. The van der Waals surface area contributed by atoms with E-state index in [1.54, 1.807) is 16.8 Å². The number of rotatable bonds is 0. The first-order valence-corrected chi connectivity index (χ1v) is 6.52. The fourth-order valence-corrected chi connectivity index (χ4v) is 2.86. The van der Waals surface area contributed by atoms with Crippen LogP contribution in [0.5, 0.6) is 0 Å². The van der Waals surface area contributed by atoms with E-state index in [4.69, 9.17) is 4.74 Å². The highest BCUT2D eigenvalue weighted by Crippen LogP contribution is 2.38. The lowest BCUT2D eigenvalue weighted by molar-refractivity contribution is -0.135. The first-order chi connectivity index (χ1) is 8.26. The number of hydrogen-bond acceptors (Lipinski definition) is 3. The summed E-state index contributed by atoms with van der Waals surface area (Å²) in [4.78, 5) is 27.8. The summed E-state index contributed by atoms with van der Waals surface area (Å²) in [5.74, 6) is 0.0610. The van der Waals surface area contributed by atoms with Crippen LogP contribution in [0.25, 0.3) is 0 Å². The molecule has 0 aromatic heterocycles. The maximum absolute atomic E-state index is 12.3. The lowest BCUT2D eigenvalue weighted by Gasteiger charge is -2.34. The molecule has 0 saturated carbocycles. The summed E-state index contributed by atoms with van der Waals surface area (Å²) in [6.07, 6.45) is 2.00. The molecule has 0 radical (unpaired) electrons. The molecule has 0 bridgehead atoms. The number of hydrogen-bond donors (Lipinski definition) is 0. The molecule has 1 spiro atoms. The topological polar surface area (TPSA) is 49.9 Å². The number of ether oxygens (including phenoxy) is 1. The van der Waals surface area contributed by atoms with E-state index in [-0.39, 0.29) is 12.0 Å². The van der Waals surface area contributed by atoms with Crippen LogP contribution in [0.2, 0.25) is 0 Å². The molecule has 102 valence electrons. The highest BCUT2D eigenvalue weighted by molar-refractivity contribution is 5.92. The quantitative estimate of drug-likeness (QED) is 0.660. The number of amides is 2. The molecular formula is C13H22N2O3. The van der Waals surface area contributed by atoms with Gasteiger partial charge in [0.05, 0.1) is 0 Å². The molecule has 18 heavy (non-hydrogen) atoms. The maximum atomic E-state index is 12.3. The standard InChI is InChI=1S/C13H22N2O3/c1-12(2,3)18-11(17)15-8-5-6-13(15)7-9-14(4)10(13)16/h5-9H2,1-4H3. The zero-order valence-corrected chi connectivity index (χ0v) is 11.7. The van der Waals surface area contributed by atoms with Gasteiger partial charge < -0.3 is 9.64 Å². The third kappa shape index (κ3) is 2.06. The van der Waals surface area contributed by atoms with Gasteiger partial charge in [-0.05, 0) is 40.0 Å². The minimum atomic E-state index is -0.628. The van der Waals surface area contributed by atoms with Crippen molar-refractivity contribution in [2.45, 2.75) is 51.2 Å². The molecule has 5 heteroatoms. The summed E-state index contributed by atoms with van der Waals surface area (Å²) in [5, 5.41) is 0. The summed E-state index contributed by atoms with van der Waals surface area (Å²) in [6.45, 7) is 6.87. The molecule has 0 aliphatic carbocycles. The van der Waals surface area contributed by atoms with Gasteiger partial charge in [0.1, 0.15) is 11.1 Å². The van der Waals surface area contributed by atoms with Gasteiger partial charge >= 0.3 is 6.09 Å². The Bertz CT molecular complexity index is 375. The maximum Gasteiger partial charge on any atom is 0.411 e. The van der Waals surface area contributed by atoms with Gasteiger partial charge in [0, 0.05) is 20.1 Å². The van der Waals surface area contributed by atoms with E-state index in [1.165, 1.54) is 0 Å². The van der Waals surface area contributed by atoms with Crippen LogP contribution in [-0.4, -0.2) is 53.1 Å². The Morgan fingerprint density at radius 3 is 2.44 bits per heavy atom. The molecule has 0 aromatic carbocycles. The SMILES string of the molecule is CN1CCC2(CCCN2C(=O)OC(C)(C)C)C1=O. The van der Waals surface area contributed by atoms with Crippen LogP contribution in [0.4, 0.5) is 4.79 Å². The lowest BCUT2D eigenvalue weighted by Crippen LogP contribution is -2.53. The number of likely N-dealkylation sites (tertiary alicyclic amines) is 2. The highest BCUT2D eigenvalue weighted by atomic mass is 16.6. The monoisotopic (exact) mass is 254 g/mol. The normalized spacial score (nSPS) is 28.3. The lowest BCUT2D eigenvalue weighted by atomic mass is 9.94. The van der Waals surface area contributed by atoms with Gasteiger partial charge in [-0.3, -0.25) is 9.69 Å². The molecule has 0 N–H and O–H groups in total. The van der Waals surface area contributed by atoms with E-state index in [1.807, 2.05) is 20.8 Å². The van der Waals surface area contributed by atoms with E-state index >= 15 is 0 Å². The average molecular weight is 254 g/mol. The van der Waals surface area contributed by atoms with Crippen LogP contribution in [0.1, 0.15) is 40.0 Å². The van der Waals surface area contributed by atoms with Gasteiger partial charge in [0.2, 0.25) is 5.91 Å². The highest BCUT2D eigenvalue weighted by Gasteiger charge is 2.54. The molecule has 2 amide bonds. The summed E-state index contributed by atoms with van der Waals surface area (Å²) in [7, 11) is 1.79. The van der Waals surface area contributed by atoms with Gasteiger partial charge in [0.25, 0.3) is 0 Å². The van der Waals surface area contributed by atoms with Crippen LogP contribution >= 0.6 is 0 Å². The summed E-state index contributed by atoms with van der Waals surface area (Å²) < 4.78 is 5.41. The van der Waals surface area contributed by atoms with Gasteiger partial charge in [-0.1, -0.05) is 0 Å². The van der Waals surface area contributed by atoms with Crippen molar-refractivity contribution in [2.24, 2.45) is 0 Å². The summed E-state index contributed by atoms with van der Waals surface area (Å²) >= 11 is 0. The third-order valence-corrected chi connectivity index (χ3v) is 3.71. The molecule has 2 aliphatic heterocycles. The molecule has 1 atom stereocenters. The first-order valence-electron chi connectivity index (χ1n) is 6.52. The predicted molar refractivity (Wildman–Crippen MR) is 67.2 cm³/mol. The van der Waals surface area contributed by atoms with E-state index in [9.17, 15) is 9.59 Å². The van der Waals surface area contributed by atoms with Crippen molar-refractivity contribution < 1.29 is 14.3 Å². The molecule has 2 aliphatic rings. The number of likely N-dealkylation sites (N-methyl/N-ethyl adjacent to an activating group) is 1. The fourth-order valence-electron chi connectivity index (χ4n) is 2.86. The Hall–Kier alpha value is -1.26. The molecule has 0 aromatic rings. The van der Waals surface area contributed by atoms with Crippen LogP contribution in [-0.2, 0) is 9.53 Å². The molecule has 1 unspecified atom stereocenters. The second kappa shape index (κ2) is 4.14. The van der Waals surface area contributed by atoms with E-state index in [0.717, 1.165) is 25.8 Å². The second-order valence-corrected chi connectivity index (χ2v) is 6.24. The summed E-state index contributed by atoms with van der Waals surface area (Å²) in [5.41, 5.74) is -1.15. The van der Waals surface area contributed by atoms with Gasteiger partial charge in [0.15, 0.2) is 0 Å². The Balaban J connectivity index is 2.18. The molecule has 2 heterocycles. The zero-order valence-electron chi connectivity index (χ0n) is 11.7. The Morgan fingerprint density at radius 1 is 1.28 bits per heavy atom. The Labute approximate surface area is 108 Å². The van der Waals surface area contributed by atoms with E-state index in [2.05, 4.69) is 0 Å². The first kappa shape index (κ1) is 13.2. The van der Waals surface area contributed by atoms with Crippen LogP contribution < -0.4 is 0 Å². The van der Waals surface area contributed by atoms with Crippen molar-refractivity contribution in [3.05, 3.63) is 0 Å². The number of nitrogens with zero attached hydrogens (tertiary/aromatic N) is 2. The predicted octanol–water partition coefficient (Wildman–Crippen LogP) is 1.62. The zero-order chi connectivity index (χ0) is 13.6. The van der Waals surface area contributed by atoms with Crippen LogP contribution in [0.3, 0.4) is 0 Å². The van der Waals surface area contributed by atoms with Crippen LogP contribution in [0.15, 0.2) is 0 Å². The fraction of sp³-hybridized carbons (Fsp3) is 0.846. The van der Waals surface area contributed by atoms with E-state index in [0.29, 0.717) is 6.54 Å². The molecule has 2 rings (SSSR count). The van der Waals surface area contributed by atoms with E-state index < -0.39 is 11.1 Å². The molecule has 2 saturated heterocycles. The number of carbonyl (C=O) groups excluding carboxylic acids is 2. The van der Waals surface area contributed by atoms with Crippen molar-refractivity contribution in [2.75, 3.05) is 20.1 Å². The van der Waals surface area contributed by atoms with Crippen molar-refractivity contribution in [3.8, 4) is 0 Å². The minimum absolute atomic E-state index is 0.0610. The minimum Gasteiger partial charge on any atom is -0.444 e. The third-order valence-electron chi connectivity index (χ3n) is 3.71. The Morgan fingerprint density at radius 2 is 1.94 bits per heavy atom. The average Bonchev–Trinajstić information content (AvgIpc) is 2.77. The van der Waals surface area contributed by atoms with Gasteiger partial charge in [-0.15, -0.1) is 0 Å². The molecule has 2 fully saturated rings. The molecule has 5 nitrogen and oxygen atoms in total. The van der Waals surface area contributed by atoms with Gasteiger partial charge in [-0.2, -0.15) is 0 Å². The number of carbonyl (C=O) groups is 2. The van der Waals surface area contributed by atoms with Gasteiger partial charge in [-0.25, -0.2) is 4.79 Å². The van der Waals surface area contributed by atoms with Crippen molar-refractivity contribution >= 4 is 12.0 Å². The largest absolute Gasteiger partial charge is 0.444 e. The molecular weight excluding hydrogens is 232 g/mol. The van der Waals surface area contributed by atoms with Crippen molar-refractivity contribution in [1.29, 1.82) is 0 Å². The van der Waals surface area contributed by atoms with Crippen molar-refractivity contribution in [1.82, 2.24) is 9.80 Å². The Kier molecular flexibility index (Phi) is 3.03.